The summed E-state index contributed by atoms with van der Waals surface area (Å²) in [6.45, 7) is 4.04. The molecule has 0 spiro atoms. The molecule has 0 aliphatic heterocycles. The van der Waals surface area contributed by atoms with E-state index in [0.717, 1.165) is 32.8 Å². The second-order valence-corrected chi connectivity index (χ2v) is 8.54. The summed E-state index contributed by atoms with van der Waals surface area (Å²) >= 11 is 1.38. The Kier molecular flexibility index (Phi) is 6.42. The fourth-order valence-electron chi connectivity index (χ4n) is 3.40. The van der Waals surface area contributed by atoms with Crippen LogP contribution in [0.3, 0.4) is 0 Å². The molecule has 0 saturated carbocycles. The SMILES string of the molecule is Cc1ccc(-c2nc(N/N=C\c3ccc([N+](=O)[O-])cc3)sc2-c2ccc([N+](=O)[O-])cc2)c(C)c1. The number of aryl methyl sites for hydroxylation is 2. The van der Waals surface area contributed by atoms with Gasteiger partial charge < -0.3 is 0 Å². The zero-order chi connectivity index (χ0) is 24.2. The number of nitrogens with one attached hydrogen (secondary N) is 1. The van der Waals surface area contributed by atoms with E-state index in [2.05, 4.69) is 16.6 Å². The average Bonchev–Trinajstić information content (AvgIpc) is 3.23. The van der Waals surface area contributed by atoms with Crippen LogP contribution in [0.25, 0.3) is 21.7 Å². The number of nitrogens with zero attached hydrogens (tertiary/aromatic N) is 4. The van der Waals surface area contributed by atoms with Gasteiger partial charge in [0.05, 0.1) is 26.6 Å². The van der Waals surface area contributed by atoms with E-state index in [1.54, 1.807) is 30.5 Å². The smallest absolute Gasteiger partial charge is 0.258 e. The quantitative estimate of drug-likeness (QED) is 0.189. The summed E-state index contributed by atoms with van der Waals surface area (Å²) in [7, 11) is 0. The van der Waals surface area contributed by atoms with E-state index in [9.17, 15) is 20.2 Å². The van der Waals surface area contributed by atoms with Crippen LogP contribution in [0.5, 0.6) is 0 Å². The molecule has 4 aromatic rings. The highest BCUT2D eigenvalue weighted by Gasteiger charge is 2.17. The minimum atomic E-state index is -0.455. The van der Waals surface area contributed by atoms with Gasteiger partial charge in [-0.3, -0.25) is 25.7 Å². The number of aromatic nitrogens is 1. The van der Waals surface area contributed by atoms with Gasteiger partial charge in [-0.05, 0) is 54.8 Å². The summed E-state index contributed by atoms with van der Waals surface area (Å²) < 4.78 is 0. The van der Waals surface area contributed by atoms with E-state index in [-0.39, 0.29) is 11.4 Å². The van der Waals surface area contributed by atoms with Crippen molar-refractivity contribution in [2.24, 2.45) is 5.10 Å². The second kappa shape index (κ2) is 9.59. The highest BCUT2D eigenvalue weighted by atomic mass is 32.1. The van der Waals surface area contributed by atoms with Crippen molar-refractivity contribution in [1.29, 1.82) is 0 Å². The van der Waals surface area contributed by atoms with Crippen molar-refractivity contribution in [2.75, 3.05) is 5.43 Å². The summed E-state index contributed by atoms with van der Waals surface area (Å²) in [5.41, 5.74) is 8.38. The lowest BCUT2D eigenvalue weighted by molar-refractivity contribution is -0.385. The molecule has 0 aliphatic rings. The van der Waals surface area contributed by atoms with Crippen molar-refractivity contribution in [3.8, 4) is 21.7 Å². The van der Waals surface area contributed by atoms with Crippen LogP contribution in [0, 0.1) is 34.1 Å². The van der Waals surface area contributed by atoms with Crippen LogP contribution in [-0.2, 0) is 0 Å². The zero-order valence-electron chi connectivity index (χ0n) is 18.3. The van der Waals surface area contributed by atoms with Crippen molar-refractivity contribution in [1.82, 2.24) is 4.98 Å². The third-order valence-corrected chi connectivity index (χ3v) is 6.09. The Hall–Kier alpha value is -4.44. The molecule has 0 radical (unpaired) electrons. The van der Waals surface area contributed by atoms with Crippen LogP contribution in [-0.4, -0.2) is 21.0 Å². The molecule has 3 aromatic carbocycles. The van der Waals surface area contributed by atoms with Crippen LogP contribution in [0.1, 0.15) is 16.7 Å². The molecule has 0 bridgehead atoms. The number of nitro benzene ring substituents is 2. The van der Waals surface area contributed by atoms with Crippen LogP contribution in [0.4, 0.5) is 16.5 Å². The molecule has 0 aliphatic carbocycles. The molecule has 10 heteroatoms. The van der Waals surface area contributed by atoms with Crippen molar-refractivity contribution < 1.29 is 9.85 Å². The molecule has 1 heterocycles. The predicted molar refractivity (Wildman–Crippen MR) is 133 cm³/mol. The molecule has 170 valence electrons. The minimum Gasteiger partial charge on any atom is -0.258 e. The van der Waals surface area contributed by atoms with E-state index < -0.39 is 9.85 Å². The standard InChI is InChI=1S/C24H19N5O4S/c1-15-3-12-21(16(2)13-15)22-23(18-6-10-20(11-7-18)29(32)33)34-24(26-22)27-25-14-17-4-8-19(9-5-17)28(30)31/h3-14H,1-2H3,(H,26,27)/b25-14-. The van der Waals surface area contributed by atoms with E-state index in [1.807, 2.05) is 26.0 Å². The second-order valence-electron chi connectivity index (χ2n) is 7.54. The predicted octanol–water partition coefficient (Wildman–Crippen LogP) is 6.36. The maximum atomic E-state index is 11.0. The Balaban J connectivity index is 1.67. The van der Waals surface area contributed by atoms with Gasteiger partial charge in [-0.25, -0.2) is 4.98 Å². The molecule has 34 heavy (non-hydrogen) atoms. The summed E-state index contributed by atoms with van der Waals surface area (Å²) in [5, 5.41) is 26.6. The first kappa shape index (κ1) is 22.7. The summed E-state index contributed by atoms with van der Waals surface area (Å²) in [6.07, 6.45) is 1.55. The molecule has 1 aromatic heterocycles. The highest BCUT2D eigenvalue weighted by molar-refractivity contribution is 7.19. The molecule has 4 rings (SSSR count). The normalized spacial score (nSPS) is 11.0. The van der Waals surface area contributed by atoms with Crippen LogP contribution >= 0.6 is 11.3 Å². The first-order valence-corrected chi connectivity index (χ1v) is 11.0. The van der Waals surface area contributed by atoms with Gasteiger partial charge in [0.25, 0.3) is 11.4 Å². The third-order valence-electron chi connectivity index (χ3n) is 5.08. The van der Waals surface area contributed by atoms with Gasteiger partial charge in [0.2, 0.25) is 5.13 Å². The van der Waals surface area contributed by atoms with Crippen molar-refractivity contribution in [3.05, 3.63) is 104 Å². The van der Waals surface area contributed by atoms with Crippen molar-refractivity contribution in [3.63, 3.8) is 0 Å². The Morgan fingerprint density at radius 3 is 2.12 bits per heavy atom. The Morgan fingerprint density at radius 2 is 1.53 bits per heavy atom. The molecule has 9 nitrogen and oxygen atoms in total. The lowest BCUT2D eigenvalue weighted by atomic mass is 10.0. The summed E-state index contributed by atoms with van der Waals surface area (Å²) in [4.78, 5) is 26.6. The fourth-order valence-corrected chi connectivity index (χ4v) is 4.34. The molecular formula is C24H19N5O4S. The van der Waals surface area contributed by atoms with Crippen LogP contribution < -0.4 is 5.43 Å². The van der Waals surface area contributed by atoms with Crippen LogP contribution in [0.15, 0.2) is 71.8 Å². The topological polar surface area (TPSA) is 124 Å². The van der Waals surface area contributed by atoms with E-state index in [1.165, 1.54) is 35.6 Å². The summed E-state index contributed by atoms with van der Waals surface area (Å²) in [6, 6.07) is 18.5. The number of hydrogen-bond donors (Lipinski definition) is 1. The van der Waals surface area contributed by atoms with E-state index >= 15 is 0 Å². The van der Waals surface area contributed by atoms with Crippen molar-refractivity contribution >= 4 is 34.1 Å². The largest absolute Gasteiger partial charge is 0.269 e. The summed E-state index contributed by atoms with van der Waals surface area (Å²) in [5.74, 6) is 0. The number of hydrazone groups is 1. The molecule has 0 atom stereocenters. The number of non-ortho nitro benzene ring substituents is 2. The number of hydrogen-bond acceptors (Lipinski definition) is 8. The third kappa shape index (κ3) is 4.97. The Bertz CT molecular complexity index is 1400. The van der Waals surface area contributed by atoms with E-state index in [0.29, 0.717) is 10.7 Å². The average molecular weight is 474 g/mol. The highest BCUT2D eigenvalue weighted by Crippen LogP contribution is 2.40. The maximum Gasteiger partial charge on any atom is 0.269 e. The number of nitro groups is 2. The van der Waals surface area contributed by atoms with Gasteiger partial charge in [0.1, 0.15) is 0 Å². The number of anilines is 1. The first-order valence-electron chi connectivity index (χ1n) is 10.2. The van der Waals surface area contributed by atoms with Gasteiger partial charge in [-0.2, -0.15) is 5.10 Å². The van der Waals surface area contributed by atoms with Crippen molar-refractivity contribution in [2.45, 2.75) is 13.8 Å². The number of benzene rings is 3. The Morgan fingerprint density at radius 1 is 0.912 bits per heavy atom. The van der Waals surface area contributed by atoms with Gasteiger partial charge in [0.15, 0.2) is 0 Å². The Labute approximate surface area is 198 Å². The van der Waals surface area contributed by atoms with Crippen LogP contribution in [0.2, 0.25) is 0 Å². The first-order chi connectivity index (χ1) is 16.3. The number of rotatable bonds is 7. The fraction of sp³-hybridized carbons (Fsp3) is 0.0833. The van der Waals surface area contributed by atoms with Gasteiger partial charge >= 0.3 is 0 Å². The molecule has 0 saturated heterocycles. The monoisotopic (exact) mass is 473 g/mol. The molecule has 1 N–H and O–H groups in total. The molecule has 0 fully saturated rings. The van der Waals surface area contributed by atoms with E-state index in [4.69, 9.17) is 4.98 Å². The van der Waals surface area contributed by atoms with Gasteiger partial charge in [-0.1, -0.05) is 35.1 Å². The molecule has 0 unspecified atom stereocenters. The van der Waals surface area contributed by atoms with Gasteiger partial charge in [-0.15, -0.1) is 0 Å². The lowest BCUT2D eigenvalue weighted by Crippen LogP contribution is -1.92. The minimum absolute atomic E-state index is 0.0101. The maximum absolute atomic E-state index is 11.0. The zero-order valence-corrected chi connectivity index (χ0v) is 19.1. The number of thiazole rings is 1. The van der Waals surface area contributed by atoms with Gasteiger partial charge in [0, 0.05) is 29.8 Å². The lowest BCUT2D eigenvalue weighted by Gasteiger charge is -2.07. The molecule has 0 amide bonds. The molecular weight excluding hydrogens is 454 g/mol.